The molecule has 8 nitrogen and oxygen atoms in total. The average Bonchev–Trinajstić information content (AvgIpc) is 2.81. The number of carbonyl (C=O) groups excluding carboxylic acids is 2. The summed E-state index contributed by atoms with van der Waals surface area (Å²) < 4.78 is 33.9. The number of carboxylic acid groups (broad SMARTS) is 1. The van der Waals surface area contributed by atoms with Gasteiger partial charge in [-0.3, -0.25) is 0 Å². The highest BCUT2D eigenvalue weighted by Gasteiger charge is 2.17. The lowest BCUT2D eigenvalue weighted by Gasteiger charge is -2.18. The maximum absolute atomic E-state index is 12.3. The Hall–Kier alpha value is -3.95. The van der Waals surface area contributed by atoms with Crippen LogP contribution in [-0.4, -0.2) is 38.5 Å². The highest BCUT2D eigenvalue weighted by Crippen LogP contribution is 2.28. The van der Waals surface area contributed by atoms with Crippen LogP contribution >= 0.6 is 0 Å². The van der Waals surface area contributed by atoms with Crippen molar-refractivity contribution in [2.45, 2.75) is 11.5 Å². The Bertz CT molecular complexity index is 1310. The van der Waals surface area contributed by atoms with E-state index in [1.54, 1.807) is 42.5 Å². The minimum atomic E-state index is -3.47. The Morgan fingerprint density at radius 2 is 1.59 bits per heavy atom. The molecule has 0 spiro atoms. The smallest absolute Gasteiger partial charge is 0.514 e. The predicted octanol–water partition coefficient (Wildman–Crippen LogP) is 2.46. The fraction of sp³-hybridized carbons (Fsp3) is 0.120. The molecule has 0 bridgehead atoms. The van der Waals surface area contributed by atoms with Crippen molar-refractivity contribution in [3.63, 3.8) is 0 Å². The zero-order chi connectivity index (χ0) is 24.7. The summed E-state index contributed by atoms with van der Waals surface area (Å²) >= 11 is 0. The summed E-state index contributed by atoms with van der Waals surface area (Å²) in [6.07, 6.45) is -0.0358. The van der Waals surface area contributed by atoms with E-state index in [4.69, 9.17) is 9.47 Å². The summed E-state index contributed by atoms with van der Waals surface area (Å²) in [6.45, 7) is -0.733. The van der Waals surface area contributed by atoms with Crippen LogP contribution in [0, 0.1) is 0 Å². The normalized spacial score (nSPS) is 11.9. The molecule has 0 aliphatic carbocycles. The lowest BCUT2D eigenvalue weighted by molar-refractivity contribution is -0.295. The molecule has 3 rings (SSSR count). The number of aliphatic hydroxyl groups is 1. The number of benzene rings is 3. The van der Waals surface area contributed by atoms with Crippen molar-refractivity contribution in [2.75, 3.05) is 12.9 Å². The summed E-state index contributed by atoms with van der Waals surface area (Å²) in [6, 6.07) is 19.8. The molecule has 0 aliphatic heterocycles. The van der Waals surface area contributed by atoms with E-state index in [1.807, 2.05) is 0 Å². The van der Waals surface area contributed by atoms with E-state index in [-0.39, 0.29) is 28.4 Å². The number of aliphatic carboxylic acids is 1. The molecule has 3 aromatic rings. The second-order valence-corrected chi connectivity index (χ2v) is 9.27. The third-order valence-electron chi connectivity index (χ3n) is 4.82. The predicted molar refractivity (Wildman–Crippen MR) is 122 cm³/mol. The molecule has 9 heteroatoms. The fourth-order valence-electron chi connectivity index (χ4n) is 3.19. The van der Waals surface area contributed by atoms with Crippen molar-refractivity contribution in [1.82, 2.24) is 0 Å². The van der Waals surface area contributed by atoms with Gasteiger partial charge in [0.1, 0.15) is 12.4 Å². The SMILES string of the molecule is CS(=O)(=O)c1ccc(/C(COC(=O)Oc2cccc(CO)c2)=C(/C(=O)[O-])c2ccccc2)cc1. The van der Waals surface area contributed by atoms with Crippen LogP contribution in [0.2, 0.25) is 0 Å². The van der Waals surface area contributed by atoms with Crippen LogP contribution in [0.5, 0.6) is 5.75 Å². The van der Waals surface area contributed by atoms with Crippen LogP contribution in [-0.2, 0) is 26.0 Å². The summed E-state index contributed by atoms with van der Waals surface area (Å²) in [7, 11) is -3.47. The van der Waals surface area contributed by atoms with Crippen molar-refractivity contribution in [3.8, 4) is 5.75 Å². The number of carboxylic acids is 1. The summed E-state index contributed by atoms with van der Waals surface area (Å²) in [5.74, 6) is -1.36. The van der Waals surface area contributed by atoms with Gasteiger partial charge < -0.3 is 24.5 Å². The van der Waals surface area contributed by atoms with Crippen molar-refractivity contribution in [2.24, 2.45) is 0 Å². The highest BCUT2D eigenvalue weighted by atomic mass is 32.2. The van der Waals surface area contributed by atoms with Crippen molar-refractivity contribution in [1.29, 1.82) is 0 Å². The Morgan fingerprint density at radius 3 is 2.18 bits per heavy atom. The quantitative estimate of drug-likeness (QED) is 0.225. The summed E-state index contributed by atoms with van der Waals surface area (Å²) in [4.78, 5) is 24.4. The Labute approximate surface area is 196 Å². The monoisotopic (exact) mass is 481 g/mol. The molecule has 34 heavy (non-hydrogen) atoms. The Kier molecular flexibility index (Phi) is 7.83. The van der Waals surface area contributed by atoms with Crippen molar-refractivity contribution in [3.05, 3.63) is 95.6 Å². The van der Waals surface area contributed by atoms with E-state index in [2.05, 4.69) is 0 Å². The van der Waals surface area contributed by atoms with Gasteiger partial charge >= 0.3 is 6.16 Å². The molecule has 0 unspecified atom stereocenters. The number of carbonyl (C=O) groups is 2. The van der Waals surface area contributed by atoms with Gasteiger partial charge in [-0.15, -0.1) is 0 Å². The van der Waals surface area contributed by atoms with Crippen LogP contribution in [0.3, 0.4) is 0 Å². The highest BCUT2D eigenvalue weighted by molar-refractivity contribution is 7.90. The largest absolute Gasteiger partial charge is 0.545 e. The molecular weight excluding hydrogens is 460 g/mol. The van der Waals surface area contributed by atoms with Gasteiger partial charge in [0.25, 0.3) is 0 Å². The number of hydrogen-bond acceptors (Lipinski definition) is 8. The van der Waals surface area contributed by atoms with Crippen LogP contribution in [0.15, 0.2) is 83.8 Å². The number of hydrogen-bond donors (Lipinski definition) is 1. The Morgan fingerprint density at radius 1 is 0.912 bits per heavy atom. The molecule has 0 saturated carbocycles. The molecule has 0 amide bonds. The van der Waals surface area contributed by atoms with Gasteiger partial charge in [0.15, 0.2) is 9.84 Å². The van der Waals surface area contributed by atoms with Gasteiger partial charge in [0.05, 0.1) is 17.5 Å². The lowest BCUT2D eigenvalue weighted by atomic mass is 9.95. The molecule has 3 aromatic carbocycles. The maximum Gasteiger partial charge on any atom is 0.514 e. The summed E-state index contributed by atoms with van der Waals surface area (Å²) in [5.41, 5.74) is 1.04. The zero-order valence-corrected chi connectivity index (χ0v) is 18.9. The molecule has 176 valence electrons. The van der Waals surface area contributed by atoms with Gasteiger partial charge in [-0.05, 0) is 41.0 Å². The molecule has 0 radical (unpaired) electrons. The number of ether oxygens (including phenoxy) is 2. The van der Waals surface area contributed by atoms with Crippen LogP contribution in [0.1, 0.15) is 16.7 Å². The second kappa shape index (κ2) is 10.8. The fourth-order valence-corrected chi connectivity index (χ4v) is 3.82. The topological polar surface area (TPSA) is 130 Å². The van der Waals surface area contributed by atoms with E-state index < -0.39 is 28.6 Å². The number of sulfone groups is 1. The van der Waals surface area contributed by atoms with Crippen LogP contribution < -0.4 is 9.84 Å². The molecular formula is C25H21O8S-. The second-order valence-electron chi connectivity index (χ2n) is 7.25. The van der Waals surface area contributed by atoms with E-state index in [9.17, 15) is 28.2 Å². The number of aliphatic hydroxyl groups excluding tert-OH is 1. The minimum absolute atomic E-state index is 0.0504. The summed E-state index contributed by atoms with van der Waals surface area (Å²) in [5, 5.41) is 21.3. The van der Waals surface area contributed by atoms with E-state index in [1.165, 1.54) is 36.4 Å². The Balaban J connectivity index is 1.96. The minimum Gasteiger partial charge on any atom is -0.545 e. The van der Waals surface area contributed by atoms with E-state index in [0.29, 0.717) is 16.7 Å². The first-order valence-corrected chi connectivity index (χ1v) is 11.9. The molecule has 1 N–H and O–H groups in total. The first kappa shape index (κ1) is 24.7. The molecule has 0 fully saturated rings. The first-order chi connectivity index (χ1) is 16.2. The van der Waals surface area contributed by atoms with Gasteiger partial charge in [-0.2, -0.15) is 0 Å². The van der Waals surface area contributed by atoms with E-state index in [0.717, 1.165) is 6.26 Å². The van der Waals surface area contributed by atoms with Gasteiger partial charge in [-0.25, -0.2) is 13.2 Å². The van der Waals surface area contributed by atoms with Gasteiger partial charge in [-0.1, -0.05) is 54.6 Å². The first-order valence-electron chi connectivity index (χ1n) is 10.0. The lowest BCUT2D eigenvalue weighted by Crippen LogP contribution is -2.25. The third-order valence-corrected chi connectivity index (χ3v) is 5.94. The molecule has 0 atom stereocenters. The van der Waals surface area contributed by atoms with Crippen molar-refractivity contribution < 1.29 is 37.7 Å². The number of rotatable bonds is 8. The third kappa shape index (κ3) is 6.31. The molecule has 0 heterocycles. The molecule has 0 aliphatic rings. The maximum atomic E-state index is 12.3. The van der Waals surface area contributed by atoms with Crippen LogP contribution in [0.4, 0.5) is 4.79 Å². The molecule has 0 saturated heterocycles. The van der Waals surface area contributed by atoms with Crippen LogP contribution in [0.25, 0.3) is 11.1 Å². The van der Waals surface area contributed by atoms with Crippen molar-refractivity contribution >= 4 is 33.1 Å². The zero-order valence-electron chi connectivity index (χ0n) is 18.1. The van der Waals surface area contributed by atoms with Gasteiger partial charge in [0.2, 0.25) is 0 Å². The van der Waals surface area contributed by atoms with Gasteiger partial charge in [0, 0.05) is 17.4 Å². The molecule has 0 aromatic heterocycles. The standard InChI is InChI=1S/C25H22O8S/c1-34(30,31)21-12-10-18(11-13-21)22(23(24(27)28)19-7-3-2-4-8-19)16-32-25(29)33-20-9-5-6-17(14-20)15-26/h2-14,26H,15-16H2,1H3,(H,27,28)/p-1/b23-22+. The average molecular weight is 482 g/mol. The van der Waals surface area contributed by atoms with E-state index >= 15 is 0 Å².